The number of aliphatic hydroxyl groups is 1. The van der Waals surface area contributed by atoms with Crippen molar-refractivity contribution < 1.29 is 56.7 Å². The summed E-state index contributed by atoms with van der Waals surface area (Å²) in [5.41, 5.74) is 0. The van der Waals surface area contributed by atoms with Gasteiger partial charge < -0.3 is 5.11 Å². The molecule has 0 atom stereocenters. The van der Waals surface area contributed by atoms with Crippen LogP contribution in [0.5, 0.6) is 0 Å². The molecular weight excluding hydrogens is 361 g/mol. The Morgan fingerprint density at radius 1 is 1.11 bits per heavy atom. The Hall–Kier alpha value is -0.548. The van der Waals surface area contributed by atoms with Gasteiger partial charge in [-0.25, -0.2) is 0 Å². The SMILES string of the molecule is O=C(/C=C(\O)C(F)(F)F)C(F)(F)F.[CH2][CH][CH]C.[Pd]. The van der Waals surface area contributed by atoms with Gasteiger partial charge in [0.1, 0.15) is 0 Å². The smallest absolute Gasteiger partial charge is 0.454 e. The van der Waals surface area contributed by atoms with Crippen LogP contribution in [0, 0.1) is 19.8 Å². The summed E-state index contributed by atoms with van der Waals surface area (Å²) in [5, 5.41) is 7.93. The van der Waals surface area contributed by atoms with E-state index in [2.05, 4.69) is 6.92 Å². The van der Waals surface area contributed by atoms with E-state index in [1.807, 2.05) is 13.3 Å². The van der Waals surface area contributed by atoms with Crippen LogP contribution < -0.4 is 0 Å². The summed E-state index contributed by atoms with van der Waals surface area (Å²) in [7, 11) is 0. The first-order valence-corrected chi connectivity index (χ1v) is 3.96. The van der Waals surface area contributed by atoms with E-state index in [-0.39, 0.29) is 20.4 Å². The van der Waals surface area contributed by atoms with Crippen LogP contribution in [-0.4, -0.2) is 23.2 Å². The Bertz CT molecular complexity index is 267. The Labute approximate surface area is 114 Å². The number of allylic oxidation sites excluding steroid dienone is 2. The molecule has 0 aromatic heterocycles. The zero-order valence-electron chi connectivity index (χ0n) is 8.88. The van der Waals surface area contributed by atoms with Gasteiger partial charge in [-0.1, -0.05) is 6.92 Å². The van der Waals surface area contributed by atoms with Crippen LogP contribution in [0.25, 0.3) is 0 Å². The summed E-state index contributed by atoms with van der Waals surface area (Å²) in [6.07, 6.45) is -8.04. The topological polar surface area (TPSA) is 37.3 Å². The van der Waals surface area contributed by atoms with E-state index in [4.69, 9.17) is 5.11 Å². The quantitative estimate of drug-likeness (QED) is 0.351. The number of halogens is 6. The van der Waals surface area contributed by atoms with Gasteiger partial charge in [-0.15, -0.1) is 0 Å². The molecule has 3 radical (unpaired) electrons. The van der Waals surface area contributed by atoms with Gasteiger partial charge in [0, 0.05) is 26.5 Å². The first-order valence-electron chi connectivity index (χ1n) is 3.96. The third-order valence-corrected chi connectivity index (χ3v) is 1.07. The molecule has 0 unspecified atom stereocenters. The van der Waals surface area contributed by atoms with Crippen LogP contribution >= 0.6 is 0 Å². The van der Waals surface area contributed by atoms with Crippen molar-refractivity contribution in [3.05, 3.63) is 31.6 Å². The van der Waals surface area contributed by atoms with Crippen LogP contribution in [-0.2, 0) is 25.2 Å². The minimum Gasteiger partial charge on any atom is -0.504 e. The number of carbonyl (C=O) groups excluding carboxylic acids is 1. The number of ketones is 1. The van der Waals surface area contributed by atoms with E-state index < -0.39 is 30.0 Å². The molecule has 0 aliphatic heterocycles. The van der Waals surface area contributed by atoms with Gasteiger partial charge in [-0.3, -0.25) is 4.79 Å². The molecule has 18 heavy (non-hydrogen) atoms. The Balaban J connectivity index is -0.000000392. The summed E-state index contributed by atoms with van der Waals surface area (Å²) in [4.78, 5) is 9.86. The first-order chi connectivity index (χ1) is 7.46. The number of rotatable bonds is 2. The maximum atomic E-state index is 11.4. The van der Waals surface area contributed by atoms with Crippen LogP contribution in [0.15, 0.2) is 11.8 Å². The molecule has 0 rings (SSSR count). The maximum Gasteiger partial charge on any atom is 0.454 e. The second-order valence-electron chi connectivity index (χ2n) is 2.46. The van der Waals surface area contributed by atoms with Gasteiger partial charge in [0.05, 0.1) is 0 Å². The van der Waals surface area contributed by atoms with Crippen molar-refractivity contribution in [3.63, 3.8) is 0 Å². The molecule has 9 heteroatoms. The summed E-state index contributed by atoms with van der Waals surface area (Å²) in [6, 6.07) is 0. The largest absolute Gasteiger partial charge is 0.504 e. The molecule has 0 aliphatic rings. The van der Waals surface area contributed by atoms with Gasteiger partial charge in [-0.2, -0.15) is 26.3 Å². The number of hydrogen-bond acceptors (Lipinski definition) is 2. The molecule has 1 N–H and O–H groups in total. The standard InChI is InChI=1S/C5H2F6O2.C4H7.Pd/c6-4(7,8)2(12)1-3(13)5(9,10)11;1-3-4-2;/h1,12H;3-4H,1H2,2H3;/b2-1-;;. The Morgan fingerprint density at radius 2 is 1.44 bits per heavy atom. The molecule has 0 bridgehead atoms. The molecule has 0 saturated heterocycles. The summed E-state index contributed by atoms with van der Waals surface area (Å²) < 4.78 is 68.1. The Morgan fingerprint density at radius 3 is 1.61 bits per heavy atom. The third-order valence-electron chi connectivity index (χ3n) is 1.07. The summed E-state index contributed by atoms with van der Waals surface area (Å²) in [6.45, 7) is 5.36. The molecule has 0 heterocycles. The van der Waals surface area contributed by atoms with Crippen LogP contribution in [0.1, 0.15) is 6.92 Å². The minimum atomic E-state index is -5.42. The second-order valence-corrected chi connectivity index (χ2v) is 2.46. The predicted octanol–water partition coefficient (Wildman–Crippen LogP) is 3.37. The predicted molar refractivity (Wildman–Crippen MR) is 47.5 cm³/mol. The van der Waals surface area contributed by atoms with E-state index in [0.29, 0.717) is 0 Å². The normalized spacial score (nSPS) is 12.1. The zero-order valence-corrected chi connectivity index (χ0v) is 10.4. The van der Waals surface area contributed by atoms with Crippen LogP contribution in [0.2, 0.25) is 0 Å². The zero-order chi connectivity index (χ0) is 14.3. The van der Waals surface area contributed by atoms with E-state index in [9.17, 15) is 31.1 Å². The number of aliphatic hydroxyl groups excluding tert-OH is 1. The fourth-order valence-corrected chi connectivity index (χ4v) is 0.288. The van der Waals surface area contributed by atoms with Crippen LogP contribution in [0.3, 0.4) is 0 Å². The summed E-state index contributed by atoms with van der Waals surface area (Å²) in [5.74, 6) is -5.34. The molecule has 0 spiro atoms. The fourth-order valence-electron chi connectivity index (χ4n) is 0.288. The average molecular weight is 370 g/mol. The van der Waals surface area contributed by atoms with E-state index in [1.165, 1.54) is 0 Å². The summed E-state index contributed by atoms with van der Waals surface area (Å²) >= 11 is 0. The van der Waals surface area contributed by atoms with Gasteiger partial charge in [-0.05, 0) is 19.8 Å². The molecule has 109 valence electrons. The monoisotopic (exact) mass is 369 g/mol. The maximum absolute atomic E-state index is 11.4. The molecule has 0 aromatic rings. The number of unbranched alkanes of at least 4 members (excludes halogenated alkanes) is 1. The van der Waals surface area contributed by atoms with E-state index >= 15 is 0 Å². The van der Waals surface area contributed by atoms with Crippen LogP contribution in [0.4, 0.5) is 26.3 Å². The molecular formula is C9H9F6O2Pd. The molecule has 0 saturated carbocycles. The van der Waals surface area contributed by atoms with E-state index in [1.54, 1.807) is 6.42 Å². The number of hydrogen-bond donors (Lipinski definition) is 1. The molecule has 0 amide bonds. The first kappa shape index (κ1) is 22.6. The number of carbonyl (C=O) groups is 1. The van der Waals surface area contributed by atoms with Crippen molar-refractivity contribution in [1.82, 2.24) is 0 Å². The van der Waals surface area contributed by atoms with Crippen molar-refractivity contribution in [1.29, 1.82) is 0 Å². The van der Waals surface area contributed by atoms with Crippen molar-refractivity contribution in [2.24, 2.45) is 0 Å². The van der Waals surface area contributed by atoms with Gasteiger partial charge in [0.25, 0.3) is 5.78 Å². The molecule has 2 nitrogen and oxygen atoms in total. The van der Waals surface area contributed by atoms with Crippen molar-refractivity contribution in [3.8, 4) is 0 Å². The van der Waals surface area contributed by atoms with Gasteiger partial charge in [0.2, 0.25) is 5.76 Å². The van der Waals surface area contributed by atoms with Gasteiger partial charge >= 0.3 is 12.4 Å². The second kappa shape index (κ2) is 9.39. The van der Waals surface area contributed by atoms with Crippen molar-refractivity contribution in [2.45, 2.75) is 19.3 Å². The Kier molecular flexibility index (Phi) is 11.8. The van der Waals surface area contributed by atoms with Crippen molar-refractivity contribution in [2.75, 3.05) is 0 Å². The average Bonchev–Trinajstić information content (AvgIpc) is 2.15. The molecule has 0 aromatic carbocycles. The van der Waals surface area contributed by atoms with Crippen molar-refractivity contribution >= 4 is 5.78 Å². The number of alkyl halides is 6. The van der Waals surface area contributed by atoms with E-state index in [0.717, 1.165) is 0 Å². The molecule has 0 aliphatic carbocycles. The third kappa shape index (κ3) is 11.9. The molecule has 0 fully saturated rings. The van der Waals surface area contributed by atoms with Gasteiger partial charge in [0.15, 0.2) is 0 Å². The minimum absolute atomic E-state index is 0. The fraction of sp³-hybridized carbons (Fsp3) is 0.333.